The van der Waals surface area contributed by atoms with Crippen LogP contribution in [0.5, 0.6) is 0 Å². The van der Waals surface area contributed by atoms with E-state index in [4.69, 9.17) is 0 Å². The monoisotopic (exact) mass is 1020 g/mol. The Labute approximate surface area is 468 Å². The van der Waals surface area contributed by atoms with Gasteiger partial charge in [-0.2, -0.15) is 0 Å². The summed E-state index contributed by atoms with van der Waals surface area (Å²) >= 11 is 0. The Balaban J connectivity index is 0.850. The molecule has 0 bridgehead atoms. The fourth-order valence-electron chi connectivity index (χ4n) is 11.8. The molecule has 0 N–H and O–H groups in total. The molecule has 2 heteroatoms. The second-order valence-corrected chi connectivity index (χ2v) is 20.8. The lowest BCUT2D eigenvalue weighted by atomic mass is 9.94. The lowest BCUT2D eigenvalue weighted by Crippen LogP contribution is -2.11. The fraction of sp³-hybridized carbons (Fsp3) is 0.0256. The summed E-state index contributed by atoms with van der Waals surface area (Å²) in [5.74, 6) is 0. The van der Waals surface area contributed by atoms with E-state index in [2.05, 4.69) is 325 Å². The molecule has 378 valence electrons. The van der Waals surface area contributed by atoms with Crippen molar-refractivity contribution in [2.75, 3.05) is 9.80 Å². The lowest BCUT2D eigenvalue weighted by molar-refractivity contribution is 1.05. The summed E-state index contributed by atoms with van der Waals surface area (Å²) in [6.45, 7) is 0. The third-order valence-electron chi connectivity index (χ3n) is 15.9. The van der Waals surface area contributed by atoms with E-state index in [0.717, 1.165) is 63.7 Å². The van der Waals surface area contributed by atoms with Crippen LogP contribution in [-0.4, -0.2) is 0 Å². The molecule has 1 aliphatic carbocycles. The quantitative estimate of drug-likeness (QED) is 0.120. The van der Waals surface area contributed by atoms with E-state index >= 15 is 0 Å². The van der Waals surface area contributed by atoms with Gasteiger partial charge in [0.15, 0.2) is 0 Å². The summed E-state index contributed by atoms with van der Waals surface area (Å²) in [5, 5.41) is 7.27. The predicted molar refractivity (Wildman–Crippen MR) is 342 cm³/mol. The summed E-state index contributed by atoms with van der Waals surface area (Å²) < 4.78 is 0. The molecular weight excluding hydrogens is 965 g/mol. The molecule has 2 nitrogen and oxygen atoms in total. The minimum atomic E-state index is 1.05. The Kier molecular flexibility index (Phi) is 12.8. The van der Waals surface area contributed by atoms with Gasteiger partial charge in [-0.25, -0.2) is 0 Å². The number of anilines is 6. The van der Waals surface area contributed by atoms with Crippen molar-refractivity contribution in [3.05, 3.63) is 321 Å². The zero-order chi connectivity index (χ0) is 53.2. The highest BCUT2D eigenvalue weighted by Crippen LogP contribution is 2.46. The maximum Gasteiger partial charge on any atom is 0.0546 e. The Bertz CT molecular complexity index is 4350. The molecule has 0 fully saturated rings. The highest BCUT2D eigenvalue weighted by molar-refractivity contribution is 6.07. The predicted octanol–water partition coefficient (Wildman–Crippen LogP) is 22.2. The number of fused-ring (bicyclic) bond motifs is 3. The molecule has 14 rings (SSSR count). The molecule has 0 amide bonds. The molecule has 80 heavy (non-hydrogen) atoms. The van der Waals surface area contributed by atoms with Crippen LogP contribution in [0.4, 0.5) is 34.1 Å². The number of hydrogen-bond donors (Lipinski definition) is 0. The Hall–Kier alpha value is -10.3. The summed E-state index contributed by atoms with van der Waals surface area (Å²) in [6, 6.07) is 109. The average Bonchev–Trinajstić information content (AvgIpc) is 3.57. The van der Waals surface area contributed by atoms with E-state index in [1.54, 1.807) is 0 Å². The standard InChI is InChI=1S/C78H56N2/c1-4-18-55(19-5-1)58-38-44-69(45-39-58)79(72-52-66(56-20-6-2-7-21-56)51-67(53-72)57-22-8-3-9-23-57)70-46-40-59(41-47-70)60-42-48-71(49-43-60)80(77-33-17-28-63-25-11-14-30-75(63)77)78-54-68(50-65-26-12-15-31-76(65)78)61-34-36-64(37-35-61)74-32-16-27-62-24-10-13-29-73(62)74/h1-4,6-18,20-54H,5,19H2. The number of allylic oxidation sites excluding steroid dienone is 4. The van der Waals surface area contributed by atoms with Crippen LogP contribution in [0.15, 0.2) is 315 Å². The molecule has 0 radical (unpaired) electrons. The van der Waals surface area contributed by atoms with E-state index in [-0.39, 0.29) is 0 Å². The van der Waals surface area contributed by atoms with Crippen molar-refractivity contribution >= 4 is 72.0 Å². The van der Waals surface area contributed by atoms with Gasteiger partial charge in [-0.15, -0.1) is 0 Å². The Morgan fingerprint density at radius 1 is 0.250 bits per heavy atom. The molecule has 0 heterocycles. The van der Waals surface area contributed by atoms with Crippen molar-refractivity contribution < 1.29 is 0 Å². The van der Waals surface area contributed by atoms with Crippen LogP contribution in [0.3, 0.4) is 0 Å². The van der Waals surface area contributed by atoms with Crippen LogP contribution in [0, 0.1) is 0 Å². The van der Waals surface area contributed by atoms with Crippen molar-refractivity contribution in [1.82, 2.24) is 0 Å². The summed E-state index contributed by atoms with van der Waals surface area (Å²) in [4.78, 5) is 4.87. The molecule has 13 aromatic carbocycles. The maximum absolute atomic E-state index is 2.46. The fourth-order valence-corrected chi connectivity index (χ4v) is 11.8. The van der Waals surface area contributed by atoms with Gasteiger partial charge in [0.05, 0.1) is 11.4 Å². The van der Waals surface area contributed by atoms with Crippen molar-refractivity contribution in [2.24, 2.45) is 0 Å². The van der Waals surface area contributed by atoms with Crippen molar-refractivity contribution in [2.45, 2.75) is 12.8 Å². The third kappa shape index (κ3) is 9.44. The van der Waals surface area contributed by atoms with Gasteiger partial charge in [0, 0.05) is 33.5 Å². The molecule has 0 spiro atoms. The van der Waals surface area contributed by atoms with Crippen molar-refractivity contribution in [1.29, 1.82) is 0 Å². The number of hydrogen-bond acceptors (Lipinski definition) is 2. The number of benzene rings is 13. The molecule has 0 atom stereocenters. The van der Waals surface area contributed by atoms with Crippen molar-refractivity contribution in [3.8, 4) is 55.6 Å². The first-order valence-electron chi connectivity index (χ1n) is 27.8. The van der Waals surface area contributed by atoms with Gasteiger partial charge in [-0.3, -0.25) is 0 Å². The van der Waals surface area contributed by atoms with E-state index in [0.29, 0.717) is 0 Å². The van der Waals surface area contributed by atoms with E-state index in [1.807, 2.05) is 0 Å². The van der Waals surface area contributed by atoms with E-state index < -0.39 is 0 Å². The number of rotatable bonds is 12. The van der Waals surface area contributed by atoms with E-state index in [9.17, 15) is 0 Å². The largest absolute Gasteiger partial charge is 0.310 e. The second-order valence-electron chi connectivity index (χ2n) is 20.8. The first-order chi connectivity index (χ1) is 39.6. The van der Waals surface area contributed by atoms with Crippen LogP contribution >= 0.6 is 0 Å². The van der Waals surface area contributed by atoms with Gasteiger partial charge < -0.3 is 9.80 Å². The zero-order valence-electron chi connectivity index (χ0n) is 44.3. The maximum atomic E-state index is 2.46. The SMILES string of the molecule is C1=CCCC(c2ccc(N(c3ccc(-c4ccc(N(c5cccc6ccccc56)c5cc(-c6ccc(-c7cccc8ccccc78)cc6)cc6ccccc56)cc4)cc3)c3cc(-c4ccccc4)cc(-c4ccccc4)c3)cc2)=C1. The molecule has 0 saturated heterocycles. The summed E-state index contributed by atoms with van der Waals surface area (Å²) in [7, 11) is 0. The summed E-state index contributed by atoms with van der Waals surface area (Å²) in [5.41, 5.74) is 21.0. The second kappa shape index (κ2) is 21.3. The van der Waals surface area contributed by atoms with Crippen LogP contribution < -0.4 is 9.80 Å². The summed E-state index contributed by atoms with van der Waals surface area (Å²) in [6.07, 6.45) is 8.81. The van der Waals surface area contributed by atoms with Crippen molar-refractivity contribution in [3.63, 3.8) is 0 Å². The highest BCUT2D eigenvalue weighted by atomic mass is 15.1. The first-order valence-corrected chi connectivity index (χ1v) is 27.8. The Morgan fingerprint density at radius 3 is 1.29 bits per heavy atom. The van der Waals surface area contributed by atoms with Gasteiger partial charge in [0.25, 0.3) is 0 Å². The average molecular weight is 1020 g/mol. The number of nitrogens with zero attached hydrogens (tertiary/aromatic N) is 2. The van der Waals surface area contributed by atoms with Crippen LogP contribution in [0.1, 0.15) is 18.4 Å². The topological polar surface area (TPSA) is 6.48 Å². The molecule has 13 aromatic rings. The smallest absolute Gasteiger partial charge is 0.0546 e. The van der Waals surface area contributed by atoms with Crippen LogP contribution in [0.2, 0.25) is 0 Å². The minimum Gasteiger partial charge on any atom is -0.310 e. The normalized spacial score (nSPS) is 12.2. The highest BCUT2D eigenvalue weighted by Gasteiger charge is 2.21. The van der Waals surface area contributed by atoms with Crippen LogP contribution in [-0.2, 0) is 0 Å². The zero-order valence-corrected chi connectivity index (χ0v) is 44.3. The van der Waals surface area contributed by atoms with E-state index in [1.165, 1.54) is 82.4 Å². The first kappa shape index (κ1) is 48.1. The molecule has 0 unspecified atom stereocenters. The molecular formula is C78H56N2. The molecule has 0 aromatic heterocycles. The lowest BCUT2D eigenvalue weighted by Gasteiger charge is -2.29. The molecule has 0 saturated carbocycles. The van der Waals surface area contributed by atoms with Gasteiger partial charge in [0.1, 0.15) is 0 Å². The molecule has 1 aliphatic rings. The van der Waals surface area contributed by atoms with Gasteiger partial charge >= 0.3 is 0 Å². The van der Waals surface area contributed by atoms with Gasteiger partial charge in [0.2, 0.25) is 0 Å². The molecule has 0 aliphatic heterocycles. The Morgan fingerprint density at radius 2 is 0.688 bits per heavy atom. The van der Waals surface area contributed by atoms with Gasteiger partial charge in [-0.05, 0) is 174 Å². The third-order valence-corrected chi connectivity index (χ3v) is 15.9. The van der Waals surface area contributed by atoms with Crippen LogP contribution in [0.25, 0.3) is 93.5 Å². The minimum absolute atomic E-state index is 1.05. The van der Waals surface area contributed by atoms with Gasteiger partial charge in [-0.1, -0.05) is 243 Å².